The van der Waals surface area contributed by atoms with E-state index in [-0.39, 0.29) is 33.4 Å². The van der Waals surface area contributed by atoms with Gasteiger partial charge in [-0.25, -0.2) is 8.42 Å². The summed E-state index contributed by atoms with van der Waals surface area (Å²) >= 11 is 6.43. The molecule has 1 fully saturated rings. The number of rotatable bonds is 3. The first-order chi connectivity index (χ1) is 13.3. The number of hydrogen-bond donors (Lipinski definition) is 1. The molecule has 150 valence electrons. The van der Waals surface area contributed by atoms with Crippen molar-refractivity contribution in [3.63, 3.8) is 0 Å². The molecule has 2 aliphatic rings. The summed E-state index contributed by atoms with van der Waals surface area (Å²) in [6.07, 6.45) is 6.83. The maximum absolute atomic E-state index is 12.4. The number of nitrogens with zero attached hydrogens (tertiary/aromatic N) is 3. The molecule has 2 unspecified atom stereocenters. The molecule has 0 amide bonds. The molecule has 3 atom stereocenters. The second-order valence-electron chi connectivity index (χ2n) is 7.46. The van der Waals surface area contributed by atoms with Crippen LogP contribution in [-0.2, 0) is 9.84 Å². The highest BCUT2D eigenvalue weighted by Gasteiger charge is 2.31. The number of allylic oxidation sites excluding steroid dienone is 1. The van der Waals surface area contributed by atoms with E-state index in [0.717, 1.165) is 31.5 Å². The highest BCUT2D eigenvalue weighted by atomic mass is 35.5. The second-order valence-corrected chi connectivity index (χ2v) is 9.82. The van der Waals surface area contributed by atoms with Gasteiger partial charge in [0.25, 0.3) is 6.01 Å². The van der Waals surface area contributed by atoms with Gasteiger partial charge in [0.05, 0.1) is 11.1 Å². The van der Waals surface area contributed by atoms with Crippen molar-refractivity contribution >= 4 is 44.8 Å². The van der Waals surface area contributed by atoms with Crippen molar-refractivity contribution in [3.05, 3.63) is 28.8 Å². The van der Waals surface area contributed by atoms with Crippen LogP contribution in [0.4, 0.5) is 6.01 Å². The average molecular weight is 423 g/mol. The Morgan fingerprint density at radius 3 is 2.82 bits per heavy atom. The number of aromatic nitrogens is 1. The molecule has 2 aromatic rings. The number of oxazole rings is 1. The molecule has 28 heavy (non-hydrogen) atoms. The first-order valence-corrected chi connectivity index (χ1v) is 11.5. The van der Waals surface area contributed by atoms with Gasteiger partial charge in [0.15, 0.2) is 15.4 Å². The third kappa shape index (κ3) is 3.33. The lowest BCUT2D eigenvalue weighted by Crippen LogP contribution is -2.50. The summed E-state index contributed by atoms with van der Waals surface area (Å²) in [6.45, 7) is 6.47. The summed E-state index contributed by atoms with van der Waals surface area (Å²) in [7, 11) is -3.59. The van der Waals surface area contributed by atoms with E-state index >= 15 is 0 Å². The third-order valence-electron chi connectivity index (χ3n) is 5.27. The lowest BCUT2D eigenvalue weighted by atomic mass is 9.92. The predicted octanol–water partition coefficient (Wildman–Crippen LogP) is 3.00. The molecule has 0 radical (unpaired) electrons. The lowest BCUT2D eigenvalue weighted by Gasteiger charge is -2.32. The van der Waals surface area contributed by atoms with E-state index < -0.39 is 9.84 Å². The van der Waals surface area contributed by atoms with Crippen molar-refractivity contribution in [1.82, 2.24) is 10.3 Å². The van der Waals surface area contributed by atoms with Gasteiger partial charge in [0, 0.05) is 49.6 Å². The monoisotopic (exact) mass is 422 g/mol. The molecule has 1 aromatic heterocycles. The van der Waals surface area contributed by atoms with Gasteiger partial charge < -0.3 is 14.6 Å². The standard InChI is InChI=1S/C19H23ClN4O3S/c1-11-5-4-6-22-15(11)13-9-14(20)18(28(3,25)26)16-17(13)27-19(23-16)24-8-7-21-10-12(24)2/h4-6,9,11-12,15,21H,7-8,10H2,1-3H3/t11?,12-,15?/m0/s1. The zero-order valence-corrected chi connectivity index (χ0v) is 17.6. The highest BCUT2D eigenvalue weighted by molar-refractivity contribution is 7.91. The number of hydrogen-bond acceptors (Lipinski definition) is 7. The Kier molecular flexibility index (Phi) is 4.97. The number of anilines is 1. The van der Waals surface area contributed by atoms with Crippen LogP contribution >= 0.6 is 11.6 Å². The van der Waals surface area contributed by atoms with Crippen LogP contribution in [0, 0.1) is 5.92 Å². The normalized spacial score (nSPS) is 25.6. The van der Waals surface area contributed by atoms with Crippen molar-refractivity contribution in [1.29, 1.82) is 0 Å². The fraction of sp³-hybridized carbons (Fsp3) is 0.474. The number of dihydropyridines is 1. The maximum atomic E-state index is 12.4. The van der Waals surface area contributed by atoms with Crippen LogP contribution in [0.5, 0.6) is 0 Å². The van der Waals surface area contributed by atoms with E-state index in [1.807, 2.05) is 11.0 Å². The molecule has 0 spiro atoms. The molecular formula is C19H23ClN4O3S. The summed E-state index contributed by atoms with van der Waals surface area (Å²) < 4.78 is 31.0. The smallest absolute Gasteiger partial charge is 0.298 e. The Morgan fingerprint density at radius 2 is 2.14 bits per heavy atom. The van der Waals surface area contributed by atoms with Crippen LogP contribution in [0.3, 0.4) is 0 Å². The number of piperazine rings is 1. The van der Waals surface area contributed by atoms with Gasteiger partial charge in [-0.3, -0.25) is 4.99 Å². The molecular weight excluding hydrogens is 400 g/mol. The summed E-state index contributed by atoms with van der Waals surface area (Å²) in [4.78, 5) is 11.2. The van der Waals surface area contributed by atoms with E-state index in [1.165, 1.54) is 0 Å². The maximum Gasteiger partial charge on any atom is 0.298 e. The Bertz CT molecular complexity index is 1080. The largest absolute Gasteiger partial charge is 0.423 e. The Morgan fingerprint density at radius 1 is 1.36 bits per heavy atom. The molecule has 4 rings (SSSR count). The van der Waals surface area contributed by atoms with Gasteiger partial charge in [-0.1, -0.05) is 24.6 Å². The second kappa shape index (κ2) is 7.17. The van der Waals surface area contributed by atoms with Crippen LogP contribution < -0.4 is 10.2 Å². The van der Waals surface area contributed by atoms with Gasteiger partial charge in [-0.05, 0) is 19.1 Å². The molecule has 3 heterocycles. The minimum Gasteiger partial charge on any atom is -0.423 e. The zero-order valence-electron chi connectivity index (χ0n) is 16.0. The average Bonchev–Trinajstić information content (AvgIpc) is 3.05. The molecule has 7 nitrogen and oxygen atoms in total. The molecule has 2 aliphatic heterocycles. The number of benzene rings is 1. The first kappa shape index (κ1) is 19.4. The third-order valence-corrected chi connectivity index (χ3v) is 6.84. The number of halogens is 1. The SMILES string of the molecule is CC1C=CC=NC1c1cc(Cl)c(S(C)(=O)=O)c2nc(N3CCNC[C@@H]3C)oc12. The van der Waals surface area contributed by atoms with Crippen LogP contribution in [0.25, 0.3) is 11.1 Å². The summed E-state index contributed by atoms with van der Waals surface area (Å²) in [5, 5.41) is 3.48. The van der Waals surface area contributed by atoms with Gasteiger partial charge in [-0.15, -0.1) is 0 Å². The number of fused-ring (bicyclic) bond motifs is 1. The van der Waals surface area contributed by atoms with Crippen LogP contribution in [0.2, 0.25) is 5.02 Å². The Labute approximate surface area is 169 Å². The Hall–Kier alpha value is -1.90. The van der Waals surface area contributed by atoms with Gasteiger partial charge in [0.2, 0.25) is 0 Å². The fourth-order valence-electron chi connectivity index (χ4n) is 3.83. The first-order valence-electron chi connectivity index (χ1n) is 9.27. The summed E-state index contributed by atoms with van der Waals surface area (Å²) in [5.74, 6) is 0.125. The summed E-state index contributed by atoms with van der Waals surface area (Å²) in [6, 6.07) is 2.05. The number of sulfone groups is 1. The van der Waals surface area contributed by atoms with Crippen LogP contribution in [-0.4, -0.2) is 51.5 Å². The zero-order chi connectivity index (χ0) is 20.1. The van der Waals surface area contributed by atoms with E-state index in [4.69, 9.17) is 16.0 Å². The van der Waals surface area contributed by atoms with Gasteiger partial charge in [0.1, 0.15) is 10.4 Å². The van der Waals surface area contributed by atoms with E-state index in [2.05, 4.69) is 35.2 Å². The van der Waals surface area contributed by atoms with Crippen molar-refractivity contribution in [2.75, 3.05) is 30.8 Å². The number of nitrogens with one attached hydrogen (secondary N) is 1. The van der Waals surface area contributed by atoms with Gasteiger partial charge in [-0.2, -0.15) is 4.98 Å². The minimum absolute atomic E-state index is 0.00804. The topological polar surface area (TPSA) is 87.8 Å². The molecule has 1 saturated heterocycles. The van der Waals surface area contributed by atoms with Crippen molar-refractivity contribution in [2.24, 2.45) is 10.9 Å². The molecule has 9 heteroatoms. The van der Waals surface area contributed by atoms with Crippen LogP contribution in [0.1, 0.15) is 25.5 Å². The fourth-order valence-corrected chi connectivity index (χ4v) is 5.36. The lowest BCUT2D eigenvalue weighted by molar-refractivity contribution is 0.454. The molecule has 1 N–H and O–H groups in total. The molecule has 1 aromatic carbocycles. The molecule has 0 bridgehead atoms. The Balaban J connectivity index is 1.96. The van der Waals surface area contributed by atoms with Gasteiger partial charge >= 0.3 is 0 Å². The van der Waals surface area contributed by atoms with E-state index in [0.29, 0.717) is 11.6 Å². The number of aliphatic imine (C=N–C) groups is 1. The van der Waals surface area contributed by atoms with Crippen molar-refractivity contribution < 1.29 is 12.8 Å². The van der Waals surface area contributed by atoms with E-state index in [1.54, 1.807) is 12.3 Å². The molecule has 0 aliphatic carbocycles. The van der Waals surface area contributed by atoms with Crippen molar-refractivity contribution in [2.45, 2.75) is 30.8 Å². The highest BCUT2D eigenvalue weighted by Crippen LogP contribution is 2.41. The predicted molar refractivity (Wildman–Crippen MR) is 111 cm³/mol. The van der Waals surface area contributed by atoms with E-state index in [9.17, 15) is 8.42 Å². The minimum atomic E-state index is -3.59. The summed E-state index contributed by atoms with van der Waals surface area (Å²) in [5.41, 5.74) is 1.47. The van der Waals surface area contributed by atoms with Crippen molar-refractivity contribution in [3.8, 4) is 0 Å². The molecule has 0 saturated carbocycles. The van der Waals surface area contributed by atoms with Crippen LogP contribution in [0.15, 0.2) is 32.5 Å². The quantitative estimate of drug-likeness (QED) is 0.818.